The zero-order chi connectivity index (χ0) is 17.6. The highest BCUT2D eigenvalue weighted by molar-refractivity contribution is 5.94. The molecular formula is C20H24N2O3. The Kier molecular flexibility index (Phi) is 5.53. The summed E-state index contributed by atoms with van der Waals surface area (Å²) >= 11 is 0. The second kappa shape index (κ2) is 8.01. The lowest BCUT2D eigenvalue weighted by atomic mass is 10.1. The highest BCUT2D eigenvalue weighted by Crippen LogP contribution is 2.20. The summed E-state index contributed by atoms with van der Waals surface area (Å²) in [6.07, 6.45) is 2.15. The number of carbonyl (C=O) groups excluding carboxylic acids is 1. The first-order valence-corrected chi connectivity index (χ1v) is 8.78. The zero-order valence-electron chi connectivity index (χ0n) is 14.8. The van der Waals surface area contributed by atoms with E-state index in [9.17, 15) is 4.79 Å². The highest BCUT2D eigenvalue weighted by Gasteiger charge is 2.33. The third kappa shape index (κ3) is 4.50. The molecule has 1 aliphatic heterocycles. The number of hydrogen-bond acceptors (Lipinski definition) is 4. The average molecular weight is 340 g/mol. The molecule has 5 heteroatoms. The number of benzene rings is 1. The van der Waals surface area contributed by atoms with Crippen molar-refractivity contribution in [1.29, 1.82) is 0 Å². The molecule has 1 aliphatic rings. The SMILES string of the molecule is CCCCOc1ccc(C(=O)N2CC(Oc3cccc(C)n3)C2)cc1. The Morgan fingerprint density at radius 1 is 1.20 bits per heavy atom. The molecule has 1 aromatic heterocycles. The van der Waals surface area contributed by atoms with Gasteiger partial charge >= 0.3 is 0 Å². The second-order valence-corrected chi connectivity index (χ2v) is 6.29. The lowest BCUT2D eigenvalue weighted by molar-refractivity contribution is 0.0159. The average Bonchev–Trinajstić information content (AvgIpc) is 2.58. The fourth-order valence-electron chi connectivity index (χ4n) is 2.64. The predicted molar refractivity (Wildman–Crippen MR) is 96.1 cm³/mol. The number of hydrogen-bond donors (Lipinski definition) is 0. The fourth-order valence-corrected chi connectivity index (χ4v) is 2.64. The molecule has 0 radical (unpaired) electrons. The molecule has 1 aromatic carbocycles. The first kappa shape index (κ1) is 17.3. The van der Waals surface area contributed by atoms with E-state index in [0.29, 0.717) is 31.1 Å². The van der Waals surface area contributed by atoms with Crippen LogP contribution < -0.4 is 9.47 Å². The van der Waals surface area contributed by atoms with E-state index in [1.807, 2.05) is 49.4 Å². The highest BCUT2D eigenvalue weighted by atomic mass is 16.5. The van der Waals surface area contributed by atoms with Gasteiger partial charge in [0.2, 0.25) is 5.88 Å². The van der Waals surface area contributed by atoms with Crippen molar-refractivity contribution < 1.29 is 14.3 Å². The smallest absolute Gasteiger partial charge is 0.254 e. The van der Waals surface area contributed by atoms with Gasteiger partial charge in [-0.25, -0.2) is 4.98 Å². The van der Waals surface area contributed by atoms with Crippen molar-refractivity contribution in [2.24, 2.45) is 0 Å². The number of rotatable bonds is 7. The minimum absolute atomic E-state index is 0.00917. The van der Waals surface area contributed by atoms with Crippen molar-refractivity contribution in [3.63, 3.8) is 0 Å². The third-order valence-electron chi connectivity index (χ3n) is 4.15. The Hall–Kier alpha value is -2.56. The second-order valence-electron chi connectivity index (χ2n) is 6.29. The zero-order valence-corrected chi connectivity index (χ0v) is 14.8. The van der Waals surface area contributed by atoms with E-state index in [1.54, 1.807) is 4.90 Å². The Morgan fingerprint density at radius 3 is 2.64 bits per heavy atom. The summed E-state index contributed by atoms with van der Waals surface area (Å²) in [6.45, 7) is 5.94. The van der Waals surface area contributed by atoms with Crippen LogP contribution in [0.2, 0.25) is 0 Å². The normalized spacial score (nSPS) is 14.1. The summed E-state index contributed by atoms with van der Waals surface area (Å²) in [6, 6.07) is 13.0. The van der Waals surface area contributed by atoms with Crippen molar-refractivity contribution >= 4 is 5.91 Å². The quantitative estimate of drug-likeness (QED) is 0.724. The molecule has 0 spiro atoms. The Balaban J connectivity index is 1.48. The first-order chi connectivity index (χ1) is 12.2. The Labute approximate surface area is 148 Å². The topological polar surface area (TPSA) is 51.7 Å². The number of aryl methyl sites for hydroxylation is 1. The number of nitrogens with zero attached hydrogens (tertiary/aromatic N) is 2. The van der Waals surface area contributed by atoms with Crippen molar-refractivity contribution in [3.05, 3.63) is 53.7 Å². The molecule has 25 heavy (non-hydrogen) atoms. The van der Waals surface area contributed by atoms with E-state index in [4.69, 9.17) is 9.47 Å². The molecule has 2 aromatic rings. The molecule has 2 heterocycles. The minimum atomic E-state index is 0.00917. The van der Waals surface area contributed by atoms with Gasteiger partial charge < -0.3 is 14.4 Å². The van der Waals surface area contributed by atoms with Crippen molar-refractivity contribution in [1.82, 2.24) is 9.88 Å². The van der Waals surface area contributed by atoms with Gasteiger partial charge in [-0.05, 0) is 43.7 Å². The molecule has 132 valence electrons. The number of carbonyl (C=O) groups is 1. The largest absolute Gasteiger partial charge is 0.494 e. The van der Waals surface area contributed by atoms with Crippen LogP contribution in [0.5, 0.6) is 11.6 Å². The van der Waals surface area contributed by atoms with Gasteiger partial charge in [-0.15, -0.1) is 0 Å². The molecule has 3 rings (SSSR count). The van der Waals surface area contributed by atoms with E-state index >= 15 is 0 Å². The summed E-state index contributed by atoms with van der Waals surface area (Å²) < 4.78 is 11.4. The maximum atomic E-state index is 12.5. The lowest BCUT2D eigenvalue weighted by Gasteiger charge is -2.38. The van der Waals surface area contributed by atoms with Gasteiger partial charge in [0, 0.05) is 17.3 Å². The van der Waals surface area contributed by atoms with Gasteiger partial charge in [-0.3, -0.25) is 4.79 Å². The van der Waals surface area contributed by atoms with Crippen LogP contribution in [0, 0.1) is 6.92 Å². The van der Waals surface area contributed by atoms with E-state index in [2.05, 4.69) is 11.9 Å². The number of aromatic nitrogens is 1. The number of amides is 1. The first-order valence-electron chi connectivity index (χ1n) is 8.78. The number of likely N-dealkylation sites (tertiary alicyclic amines) is 1. The monoisotopic (exact) mass is 340 g/mol. The molecule has 0 atom stereocenters. The standard InChI is InChI=1S/C20H24N2O3/c1-3-4-12-24-17-10-8-16(9-11-17)20(23)22-13-18(14-22)25-19-7-5-6-15(2)21-19/h5-11,18H,3-4,12-14H2,1-2H3. The van der Waals surface area contributed by atoms with Crippen LogP contribution in [-0.4, -0.2) is 41.6 Å². The van der Waals surface area contributed by atoms with Gasteiger partial charge in [0.15, 0.2) is 0 Å². The van der Waals surface area contributed by atoms with Gasteiger partial charge in [0.05, 0.1) is 19.7 Å². The molecule has 1 fully saturated rings. The number of pyridine rings is 1. The predicted octanol–water partition coefficient (Wildman–Crippen LogP) is 3.47. The van der Waals surface area contributed by atoms with Crippen LogP contribution >= 0.6 is 0 Å². The van der Waals surface area contributed by atoms with Gasteiger partial charge in [-0.1, -0.05) is 19.4 Å². The van der Waals surface area contributed by atoms with E-state index in [0.717, 1.165) is 24.3 Å². The Morgan fingerprint density at radius 2 is 1.96 bits per heavy atom. The maximum absolute atomic E-state index is 12.5. The summed E-state index contributed by atoms with van der Waals surface area (Å²) in [7, 11) is 0. The fraction of sp³-hybridized carbons (Fsp3) is 0.400. The van der Waals surface area contributed by atoms with Crippen molar-refractivity contribution in [3.8, 4) is 11.6 Å². The summed E-state index contributed by atoms with van der Waals surface area (Å²) in [4.78, 5) is 18.6. The number of ether oxygens (including phenoxy) is 2. The van der Waals surface area contributed by atoms with E-state index < -0.39 is 0 Å². The van der Waals surface area contributed by atoms with E-state index in [-0.39, 0.29) is 12.0 Å². The van der Waals surface area contributed by atoms with Gasteiger partial charge in [0.25, 0.3) is 5.91 Å². The summed E-state index contributed by atoms with van der Waals surface area (Å²) in [5, 5.41) is 0. The minimum Gasteiger partial charge on any atom is -0.494 e. The van der Waals surface area contributed by atoms with Crippen molar-refractivity contribution in [2.45, 2.75) is 32.8 Å². The molecular weight excluding hydrogens is 316 g/mol. The molecule has 0 saturated carbocycles. The van der Waals surface area contributed by atoms with Crippen LogP contribution in [0.3, 0.4) is 0 Å². The molecule has 5 nitrogen and oxygen atoms in total. The van der Waals surface area contributed by atoms with Gasteiger partial charge in [0.1, 0.15) is 11.9 Å². The van der Waals surface area contributed by atoms with Crippen LogP contribution in [0.15, 0.2) is 42.5 Å². The third-order valence-corrected chi connectivity index (χ3v) is 4.15. The lowest BCUT2D eigenvalue weighted by Crippen LogP contribution is -2.56. The molecule has 1 saturated heterocycles. The van der Waals surface area contributed by atoms with Crippen LogP contribution in [0.4, 0.5) is 0 Å². The maximum Gasteiger partial charge on any atom is 0.254 e. The molecule has 0 N–H and O–H groups in total. The van der Waals surface area contributed by atoms with E-state index in [1.165, 1.54) is 0 Å². The molecule has 0 aliphatic carbocycles. The molecule has 0 unspecified atom stereocenters. The number of unbranched alkanes of at least 4 members (excludes halogenated alkanes) is 1. The summed E-state index contributed by atoms with van der Waals surface area (Å²) in [5.41, 5.74) is 1.60. The van der Waals surface area contributed by atoms with Crippen LogP contribution in [0.25, 0.3) is 0 Å². The van der Waals surface area contributed by atoms with Crippen LogP contribution in [0.1, 0.15) is 35.8 Å². The molecule has 1 amide bonds. The summed E-state index contributed by atoms with van der Waals surface area (Å²) in [5.74, 6) is 1.45. The van der Waals surface area contributed by atoms with Crippen LogP contribution in [-0.2, 0) is 0 Å². The Bertz CT molecular complexity index is 709. The molecule has 0 bridgehead atoms. The van der Waals surface area contributed by atoms with Gasteiger partial charge in [-0.2, -0.15) is 0 Å². The van der Waals surface area contributed by atoms with Crippen molar-refractivity contribution in [2.75, 3.05) is 19.7 Å².